The predicted molar refractivity (Wildman–Crippen MR) is 79.9 cm³/mol. The molecule has 0 aliphatic rings. The molecule has 0 atom stereocenters. The molecule has 20 heavy (non-hydrogen) atoms. The summed E-state index contributed by atoms with van der Waals surface area (Å²) in [6.45, 7) is 4.41. The van der Waals surface area contributed by atoms with E-state index in [0.29, 0.717) is 11.4 Å². The number of aryl methyl sites for hydroxylation is 2. The van der Waals surface area contributed by atoms with Crippen LogP contribution < -0.4 is 9.54 Å². The van der Waals surface area contributed by atoms with Crippen molar-refractivity contribution < 1.29 is 9.53 Å². The van der Waals surface area contributed by atoms with Gasteiger partial charge in [-0.05, 0) is 31.0 Å². The summed E-state index contributed by atoms with van der Waals surface area (Å²) in [7, 11) is 1.87. The standard InChI is InChI=1S/C15H18N2O2S/c1-11-5-4-6-13(12(11)2)19-9-7-14(18)16-15-17(3)8-10-20-15/h4-6,8,10H,7,9H2,1-3H3. The zero-order valence-corrected chi connectivity index (χ0v) is 12.7. The zero-order chi connectivity index (χ0) is 14.5. The molecule has 0 aliphatic heterocycles. The van der Waals surface area contributed by atoms with Crippen LogP contribution in [0.1, 0.15) is 17.5 Å². The number of hydrogen-bond acceptors (Lipinski definition) is 3. The highest BCUT2D eigenvalue weighted by molar-refractivity contribution is 7.07. The van der Waals surface area contributed by atoms with E-state index < -0.39 is 0 Å². The van der Waals surface area contributed by atoms with E-state index in [2.05, 4.69) is 4.99 Å². The van der Waals surface area contributed by atoms with Crippen LogP contribution >= 0.6 is 11.3 Å². The van der Waals surface area contributed by atoms with Crippen LogP contribution in [0.3, 0.4) is 0 Å². The average molecular weight is 290 g/mol. The molecule has 106 valence electrons. The first kappa shape index (κ1) is 14.5. The van der Waals surface area contributed by atoms with E-state index in [1.807, 2.05) is 55.2 Å². The minimum Gasteiger partial charge on any atom is -0.493 e. The largest absolute Gasteiger partial charge is 0.493 e. The van der Waals surface area contributed by atoms with Crippen molar-refractivity contribution in [3.63, 3.8) is 0 Å². The number of nitrogens with zero attached hydrogens (tertiary/aromatic N) is 2. The quantitative estimate of drug-likeness (QED) is 0.868. The van der Waals surface area contributed by atoms with E-state index in [9.17, 15) is 4.79 Å². The fraction of sp³-hybridized carbons (Fsp3) is 0.333. The van der Waals surface area contributed by atoms with Gasteiger partial charge in [-0.2, -0.15) is 4.99 Å². The molecule has 2 aromatic rings. The second-order valence-corrected chi connectivity index (χ2v) is 5.47. The third-order valence-electron chi connectivity index (χ3n) is 3.11. The van der Waals surface area contributed by atoms with Gasteiger partial charge >= 0.3 is 0 Å². The summed E-state index contributed by atoms with van der Waals surface area (Å²) in [4.78, 5) is 16.5. The Morgan fingerprint density at radius 2 is 2.20 bits per heavy atom. The summed E-state index contributed by atoms with van der Waals surface area (Å²) in [5, 5.41) is 1.90. The first-order valence-corrected chi connectivity index (χ1v) is 7.32. The van der Waals surface area contributed by atoms with Gasteiger partial charge in [-0.1, -0.05) is 12.1 Å². The van der Waals surface area contributed by atoms with Gasteiger partial charge in [-0.15, -0.1) is 11.3 Å². The van der Waals surface area contributed by atoms with Crippen molar-refractivity contribution in [2.24, 2.45) is 12.0 Å². The Bertz CT molecular complexity index is 671. The molecule has 1 aromatic carbocycles. The van der Waals surface area contributed by atoms with Crippen LogP contribution in [0, 0.1) is 13.8 Å². The molecule has 5 heteroatoms. The number of amides is 1. The molecule has 1 heterocycles. The maximum Gasteiger partial charge on any atom is 0.251 e. The number of rotatable bonds is 4. The second-order valence-electron chi connectivity index (χ2n) is 4.60. The topological polar surface area (TPSA) is 43.6 Å². The van der Waals surface area contributed by atoms with E-state index in [0.717, 1.165) is 11.3 Å². The summed E-state index contributed by atoms with van der Waals surface area (Å²) in [5.41, 5.74) is 2.30. The Hall–Kier alpha value is -1.88. The van der Waals surface area contributed by atoms with Crippen molar-refractivity contribution in [1.82, 2.24) is 4.57 Å². The third-order valence-corrected chi connectivity index (χ3v) is 3.96. The van der Waals surface area contributed by atoms with E-state index >= 15 is 0 Å². The molecule has 1 aromatic heterocycles. The van der Waals surface area contributed by atoms with Crippen LogP contribution in [-0.2, 0) is 11.8 Å². The van der Waals surface area contributed by atoms with Crippen molar-refractivity contribution in [3.05, 3.63) is 45.7 Å². The minimum absolute atomic E-state index is 0.159. The van der Waals surface area contributed by atoms with E-state index in [1.165, 1.54) is 16.9 Å². The number of hydrogen-bond donors (Lipinski definition) is 0. The second kappa shape index (κ2) is 6.52. The summed E-state index contributed by atoms with van der Waals surface area (Å²) < 4.78 is 7.48. The van der Waals surface area contributed by atoms with Crippen LogP contribution in [0.4, 0.5) is 0 Å². The fourth-order valence-electron chi connectivity index (χ4n) is 1.73. The van der Waals surface area contributed by atoms with Crippen LogP contribution in [0.25, 0.3) is 0 Å². The van der Waals surface area contributed by atoms with Crippen molar-refractivity contribution in [3.8, 4) is 5.75 Å². The van der Waals surface area contributed by atoms with Crippen LogP contribution in [0.2, 0.25) is 0 Å². The van der Waals surface area contributed by atoms with Gasteiger partial charge in [-0.25, -0.2) is 0 Å². The SMILES string of the molecule is Cc1cccc(OCCC(=O)N=c2sccn2C)c1C. The molecule has 0 saturated heterocycles. The number of ether oxygens (including phenoxy) is 1. The lowest BCUT2D eigenvalue weighted by molar-refractivity contribution is -0.118. The molecule has 0 saturated carbocycles. The van der Waals surface area contributed by atoms with Gasteiger partial charge in [0.2, 0.25) is 0 Å². The molecule has 4 nitrogen and oxygen atoms in total. The lowest BCUT2D eigenvalue weighted by Gasteiger charge is -2.09. The van der Waals surface area contributed by atoms with E-state index in [-0.39, 0.29) is 12.3 Å². The fourth-order valence-corrected chi connectivity index (χ4v) is 2.47. The van der Waals surface area contributed by atoms with Gasteiger partial charge in [0, 0.05) is 18.6 Å². The molecule has 0 radical (unpaired) electrons. The van der Waals surface area contributed by atoms with Crippen molar-refractivity contribution in [2.45, 2.75) is 20.3 Å². The van der Waals surface area contributed by atoms with Crippen molar-refractivity contribution in [2.75, 3.05) is 6.61 Å². The smallest absolute Gasteiger partial charge is 0.251 e. The highest BCUT2D eigenvalue weighted by Gasteiger charge is 2.04. The Kier molecular flexibility index (Phi) is 4.74. The predicted octanol–water partition coefficient (Wildman–Crippen LogP) is 2.60. The molecule has 0 spiro atoms. The number of aromatic nitrogens is 1. The molecule has 0 aliphatic carbocycles. The number of thiazole rings is 1. The molecule has 0 fully saturated rings. The van der Waals surface area contributed by atoms with Crippen molar-refractivity contribution >= 4 is 17.2 Å². The van der Waals surface area contributed by atoms with E-state index in [4.69, 9.17) is 4.74 Å². The van der Waals surface area contributed by atoms with Gasteiger partial charge < -0.3 is 9.30 Å². The molecule has 0 unspecified atom stereocenters. The van der Waals surface area contributed by atoms with Gasteiger partial charge in [0.15, 0.2) is 4.80 Å². The molecule has 2 rings (SSSR count). The van der Waals surface area contributed by atoms with Gasteiger partial charge in [0.1, 0.15) is 5.75 Å². The number of benzene rings is 1. The zero-order valence-electron chi connectivity index (χ0n) is 11.9. The molecule has 0 bridgehead atoms. The molecular weight excluding hydrogens is 272 g/mol. The van der Waals surface area contributed by atoms with Crippen molar-refractivity contribution in [1.29, 1.82) is 0 Å². The highest BCUT2D eigenvalue weighted by Crippen LogP contribution is 2.20. The summed E-state index contributed by atoms with van der Waals surface area (Å²) in [6, 6.07) is 5.91. The maximum atomic E-state index is 11.8. The van der Waals surface area contributed by atoms with Crippen LogP contribution in [-0.4, -0.2) is 17.1 Å². The first-order chi connectivity index (χ1) is 9.58. The maximum absolute atomic E-state index is 11.8. The summed E-state index contributed by atoms with van der Waals surface area (Å²) in [6.07, 6.45) is 2.16. The van der Waals surface area contributed by atoms with Gasteiger partial charge in [0.05, 0.1) is 13.0 Å². The number of carbonyl (C=O) groups excluding carboxylic acids is 1. The summed E-state index contributed by atoms with van der Waals surface area (Å²) in [5.74, 6) is 0.674. The Labute approximate surface area is 122 Å². The summed E-state index contributed by atoms with van der Waals surface area (Å²) >= 11 is 1.45. The average Bonchev–Trinajstić information content (AvgIpc) is 2.80. The molecular formula is C15H18N2O2S. The minimum atomic E-state index is -0.159. The Balaban J connectivity index is 1.92. The lowest BCUT2D eigenvalue weighted by Crippen LogP contribution is -2.14. The highest BCUT2D eigenvalue weighted by atomic mass is 32.1. The van der Waals surface area contributed by atoms with Gasteiger partial charge in [-0.3, -0.25) is 4.79 Å². The van der Waals surface area contributed by atoms with Gasteiger partial charge in [0.25, 0.3) is 5.91 Å². The molecule has 0 N–H and O–H groups in total. The number of carbonyl (C=O) groups is 1. The first-order valence-electron chi connectivity index (χ1n) is 6.44. The van der Waals surface area contributed by atoms with Crippen LogP contribution in [0.15, 0.2) is 34.8 Å². The van der Waals surface area contributed by atoms with E-state index in [1.54, 1.807) is 0 Å². The third kappa shape index (κ3) is 3.57. The van der Waals surface area contributed by atoms with Crippen LogP contribution in [0.5, 0.6) is 5.75 Å². The molecule has 1 amide bonds. The monoisotopic (exact) mass is 290 g/mol. The normalized spacial score (nSPS) is 11.7. The Morgan fingerprint density at radius 3 is 2.90 bits per heavy atom. The Morgan fingerprint density at radius 1 is 1.40 bits per heavy atom. The lowest BCUT2D eigenvalue weighted by atomic mass is 10.1.